The average Bonchev–Trinajstić information content (AvgIpc) is 3.15. The number of carbonyl (C=O) groups is 1. The van der Waals surface area contributed by atoms with Crippen molar-refractivity contribution >= 4 is 29.3 Å². The number of anilines is 2. The number of nitrogens with zero attached hydrogens (tertiary/aromatic N) is 1. The Kier molecular flexibility index (Phi) is 5.08. The van der Waals surface area contributed by atoms with E-state index in [-0.39, 0.29) is 6.01 Å². The van der Waals surface area contributed by atoms with Gasteiger partial charge in [0.25, 0.3) is 0 Å². The molecular formula is C22H16ClN3O2. The Balaban J connectivity index is 1.62. The normalized spacial score (nSPS) is 10.5. The number of amides is 2. The highest BCUT2D eigenvalue weighted by atomic mass is 35.5. The van der Waals surface area contributed by atoms with Crippen molar-refractivity contribution in [2.45, 2.75) is 0 Å². The zero-order valence-electron chi connectivity index (χ0n) is 14.7. The van der Waals surface area contributed by atoms with E-state index in [0.717, 1.165) is 11.1 Å². The third-order valence-electron chi connectivity index (χ3n) is 4.03. The quantitative estimate of drug-likeness (QED) is 0.430. The van der Waals surface area contributed by atoms with E-state index in [9.17, 15) is 4.79 Å². The largest absolute Gasteiger partial charge is 0.423 e. The Bertz CT molecular complexity index is 1020. The number of hydrogen-bond donors (Lipinski definition) is 2. The summed E-state index contributed by atoms with van der Waals surface area (Å²) in [5.41, 5.74) is 3.05. The first kappa shape index (κ1) is 17.8. The highest BCUT2D eigenvalue weighted by Gasteiger charge is 2.18. The van der Waals surface area contributed by atoms with Crippen LogP contribution >= 0.6 is 11.6 Å². The molecule has 0 radical (unpaired) electrons. The standard InChI is InChI=1S/C22H16ClN3O2/c23-17-11-13-18(14-12-17)24-21(27)26-22-25-19(15-7-3-1-4-8-15)20(28-22)16-9-5-2-6-10-16/h1-14H,(H2,24,25,26,27). The van der Waals surface area contributed by atoms with Crippen LogP contribution in [0.2, 0.25) is 5.02 Å². The molecule has 0 saturated heterocycles. The summed E-state index contributed by atoms with van der Waals surface area (Å²) in [5, 5.41) is 5.96. The lowest BCUT2D eigenvalue weighted by Crippen LogP contribution is -2.19. The summed E-state index contributed by atoms with van der Waals surface area (Å²) >= 11 is 5.86. The number of oxazole rings is 1. The monoisotopic (exact) mass is 389 g/mol. The van der Waals surface area contributed by atoms with Gasteiger partial charge in [0.2, 0.25) is 0 Å². The van der Waals surface area contributed by atoms with Crippen LogP contribution < -0.4 is 10.6 Å². The highest BCUT2D eigenvalue weighted by molar-refractivity contribution is 6.30. The van der Waals surface area contributed by atoms with Crippen LogP contribution in [0.5, 0.6) is 0 Å². The second-order valence-corrected chi connectivity index (χ2v) is 6.45. The van der Waals surface area contributed by atoms with Gasteiger partial charge in [0, 0.05) is 21.8 Å². The molecule has 28 heavy (non-hydrogen) atoms. The van der Waals surface area contributed by atoms with Crippen molar-refractivity contribution in [1.29, 1.82) is 0 Å². The zero-order chi connectivity index (χ0) is 19.3. The lowest BCUT2D eigenvalue weighted by molar-refractivity contribution is 0.261. The van der Waals surface area contributed by atoms with Gasteiger partial charge >= 0.3 is 12.0 Å². The molecular weight excluding hydrogens is 374 g/mol. The second kappa shape index (κ2) is 7.98. The highest BCUT2D eigenvalue weighted by Crippen LogP contribution is 2.34. The first-order chi connectivity index (χ1) is 13.7. The summed E-state index contributed by atoms with van der Waals surface area (Å²) in [6.07, 6.45) is 0. The Hall–Kier alpha value is -3.57. The molecule has 4 rings (SSSR count). The van der Waals surface area contributed by atoms with Crippen LogP contribution in [0, 0.1) is 0 Å². The summed E-state index contributed by atoms with van der Waals surface area (Å²) < 4.78 is 5.88. The van der Waals surface area contributed by atoms with E-state index in [1.807, 2.05) is 60.7 Å². The van der Waals surface area contributed by atoms with E-state index < -0.39 is 6.03 Å². The Labute approximate surface area is 167 Å². The molecule has 2 N–H and O–H groups in total. The maximum atomic E-state index is 12.3. The average molecular weight is 390 g/mol. The van der Waals surface area contributed by atoms with Crippen LogP contribution in [0.25, 0.3) is 22.6 Å². The minimum absolute atomic E-state index is 0.115. The number of carbonyl (C=O) groups excluding carboxylic acids is 1. The van der Waals surface area contributed by atoms with Gasteiger partial charge in [-0.05, 0) is 24.3 Å². The zero-order valence-corrected chi connectivity index (χ0v) is 15.5. The molecule has 5 nitrogen and oxygen atoms in total. The van der Waals surface area contributed by atoms with Crippen LogP contribution in [-0.4, -0.2) is 11.0 Å². The van der Waals surface area contributed by atoms with Gasteiger partial charge in [-0.3, -0.25) is 5.32 Å². The molecule has 2 amide bonds. The van der Waals surface area contributed by atoms with Crippen molar-refractivity contribution in [2.24, 2.45) is 0 Å². The van der Waals surface area contributed by atoms with Crippen LogP contribution in [0.1, 0.15) is 0 Å². The van der Waals surface area contributed by atoms with Crippen LogP contribution in [0.15, 0.2) is 89.3 Å². The fourth-order valence-corrected chi connectivity index (χ4v) is 2.87. The molecule has 0 saturated carbocycles. The van der Waals surface area contributed by atoms with Crippen molar-refractivity contribution in [2.75, 3.05) is 10.6 Å². The van der Waals surface area contributed by atoms with E-state index in [1.165, 1.54) is 0 Å². The number of hydrogen-bond acceptors (Lipinski definition) is 3. The molecule has 0 unspecified atom stereocenters. The second-order valence-electron chi connectivity index (χ2n) is 6.01. The van der Waals surface area contributed by atoms with Gasteiger partial charge in [-0.1, -0.05) is 72.3 Å². The molecule has 0 aliphatic carbocycles. The van der Waals surface area contributed by atoms with Crippen molar-refractivity contribution in [3.63, 3.8) is 0 Å². The van der Waals surface area contributed by atoms with Gasteiger partial charge < -0.3 is 9.73 Å². The van der Waals surface area contributed by atoms with Gasteiger partial charge in [-0.15, -0.1) is 0 Å². The lowest BCUT2D eigenvalue weighted by atomic mass is 10.1. The Morgan fingerprint density at radius 1 is 0.786 bits per heavy atom. The molecule has 1 aromatic heterocycles. The summed E-state index contributed by atoms with van der Waals surface area (Å²) in [7, 11) is 0. The van der Waals surface area contributed by atoms with Gasteiger partial charge in [0.15, 0.2) is 5.76 Å². The van der Waals surface area contributed by atoms with E-state index >= 15 is 0 Å². The number of urea groups is 1. The number of nitrogens with one attached hydrogen (secondary N) is 2. The summed E-state index contributed by atoms with van der Waals surface area (Å²) in [5.74, 6) is 0.591. The molecule has 0 bridgehead atoms. The predicted octanol–water partition coefficient (Wildman–Crippen LogP) is 6.31. The molecule has 0 atom stereocenters. The molecule has 138 valence electrons. The number of halogens is 1. The number of benzene rings is 3. The molecule has 6 heteroatoms. The van der Waals surface area contributed by atoms with Crippen molar-refractivity contribution in [3.8, 4) is 22.6 Å². The SMILES string of the molecule is O=C(Nc1ccc(Cl)cc1)Nc1nc(-c2ccccc2)c(-c2ccccc2)o1. The lowest BCUT2D eigenvalue weighted by Gasteiger charge is -2.04. The van der Waals surface area contributed by atoms with Crippen molar-refractivity contribution in [3.05, 3.63) is 90.0 Å². The van der Waals surface area contributed by atoms with Gasteiger partial charge in [0.1, 0.15) is 5.69 Å². The fourth-order valence-electron chi connectivity index (χ4n) is 2.74. The smallest absolute Gasteiger partial charge is 0.327 e. The van der Waals surface area contributed by atoms with Crippen molar-refractivity contribution < 1.29 is 9.21 Å². The minimum atomic E-state index is -0.456. The predicted molar refractivity (Wildman–Crippen MR) is 111 cm³/mol. The van der Waals surface area contributed by atoms with Gasteiger partial charge in [0.05, 0.1) is 0 Å². The van der Waals surface area contributed by atoms with E-state index in [1.54, 1.807) is 24.3 Å². The molecule has 0 aliphatic rings. The topological polar surface area (TPSA) is 67.2 Å². The summed E-state index contributed by atoms with van der Waals surface area (Å²) in [4.78, 5) is 16.8. The minimum Gasteiger partial charge on any atom is -0.423 e. The maximum absolute atomic E-state index is 12.3. The Morgan fingerprint density at radius 2 is 1.39 bits per heavy atom. The summed E-state index contributed by atoms with van der Waals surface area (Å²) in [6.45, 7) is 0. The third kappa shape index (κ3) is 4.05. The summed E-state index contributed by atoms with van der Waals surface area (Å²) in [6, 6.07) is 25.8. The molecule has 4 aromatic rings. The number of rotatable bonds is 4. The first-order valence-corrected chi connectivity index (χ1v) is 9.02. The molecule has 0 aliphatic heterocycles. The van der Waals surface area contributed by atoms with Crippen molar-refractivity contribution in [1.82, 2.24) is 4.98 Å². The number of aromatic nitrogens is 1. The fraction of sp³-hybridized carbons (Fsp3) is 0. The molecule has 0 spiro atoms. The van der Waals surface area contributed by atoms with Gasteiger partial charge in [-0.25, -0.2) is 4.79 Å². The van der Waals surface area contributed by atoms with E-state index in [4.69, 9.17) is 16.0 Å². The maximum Gasteiger partial charge on any atom is 0.327 e. The first-order valence-electron chi connectivity index (χ1n) is 8.64. The molecule has 3 aromatic carbocycles. The third-order valence-corrected chi connectivity index (χ3v) is 4.28. The van der Waals surface area contributed by atoms with Crippen LogP contribution in [-0.2, 0) is 0 Å². The van der Waals surface area contributed by atoms with E-state index in [0.29, 0.717) is 22.2 Å². The van der Waals surface area contributed by atoms with E-state index in [2.05, 4.69) is 15.6 Å². The molecule has 1 heterocycles. The van der Waals surface area contributed by atoms with Gasteiger partial charge in [-0.2, -0.15) is 4.98 Å². The van der Waals surface area contributed by atoms with Crippen LogP contribution in [0.3, 0.4) is 0 Å². The molecule has 0 fully saturated rings. The Morgan fingerprint density at radius 3 is 2.04 bits per heavy atom. The van der Waals surface area contributed by atoms with Crippen LogP contribution in [0.4, 0.5) is 16.5 Å².